The van der Waals surface area contributed by atoms with Crippen molar-refractivity contribution in [3.8, 4) is 0 Å². The summed E-state index contributed by atoms with van der Waals surface area (Å²) in [6.07, 6.45) is -0.776. The predicted octanol–water partition coefficient (Wildman–Crippen LogP) is -0.408. The number of hydrogen-bond donors (Lipinski definition) is 6. The monoisotopic (exact) mass is 430 g/mol. The van der Waals surface area contributed by atoms with Gasteiger partial charge in [-0.3, -0.25) is 14.4 Å². The van der Waals surface area contributed by atoms with Crippen molar-refractivity contribution in [2.24, 2.45) is 23.5 Å². The van der Waals surface area contributed by atoms with Crippen LogP contribution < -0.4 is 21.7 Å². The quantitative estimate of drug-likeness (QED) is 0.244. The zero-order valence-electron chi connectivity index (χ0n) is 18.9. The van der Waals surface area contributed by atoms with E-state index in [0.29, 0.717) is 6.42 Å². The number of hydrogen-bond acceptors (Lipinski definition) is 6. The van der Waals surface area contributed by atoms with Crippen molar-refractivity contribution < 1.29 is 29.4 Å². The predicted molar refractivity (Wildman–Crippen MR) is 112 cm³/mol. The van der Waals surface area contributed by atoms with Crippen LogP contribution in [0.1, 0.15) is 54.9 Å². The van der Waals surface area contributed by atoms with Gasteiger partial charge in [-0.1, -0.05) is 48.0 Å². The molecule has 0 aromatic heterocycles. The fourth-order valence-corrected chi connectivity index (χ4v) is 2.66. The molecule has 0 spiro atoms. The molecular formula is C20H38N4O6. The van der Waals surface area contributed by atoms with Gasteiger partial charge in [-0.2, -0.15) is 0 Å². The highest BCUT2D eigenvalue weighted by Crippen LogP contribution is 2.10. The standard InChI is InChI=1S/C20H38N4O6/c1-8-11(6)15(20(29)30)23-19(28)16(12(7)25)24-18(27)14(10(4)5)22-17(26)13(21)9(2)3/h9-16,25H,8,21H2,1-7H3,(H,22,26)(H,23,28)(H,24,27)(H,29,30). The van der Waals surface area contributed by atoms with Crippen molar-refractivity contribution in [3.05, 3.63) is 0 Å². The van der Waals surface area contributed by atoms with Crippen LogP contribution >= 0.6 is 0 Å². The molecule has 6 unspecified atom stereocenters. The molecular weight excluding hydrogens is 392 g/mol. The maximum atomic E-state index is 12.8. The maximum absolute atomic E-state index is 12.8. The minimum absolute atomic E-state index is 0.134. The van der Waals surface area contributed by atoms with Crippen molar-refractivity contribution in [3.63, 3.8) is 0 Å². The van der Waals surface area contributed by atoms with Crippen molar-refractivity contribution in [1.82, 2.24) is 16.0 Å². The second-order valence-electron chi connectivity index (χ2n) is 8.44. The van der Waals surface area contributed by atoms with Gasteiger partial charge in [0.25, 0.3) is 0 Å². The first-order valence-corrected chi connectivity index (χ1v) is 10.3. The summed E-state index contributed by atoms with van der Waals surface area (Å²) in [6, 6.07) is -4.34. The molecule has 0 aromatic rings. The van der Waals surface area contributed by atoms with Crippen LogP contribution in [-0.2, 0) is 19.2 Å². The number of aliphatic carboxylic acids is 1. The number of aliphatic hydroxyl groups is 1. The third kappa shape index (κ3) is 8.27. The SMILES string of the molecule is CCC(C)C(NC(=O)C(NC(=O)C(NC(=O)C(N)C(C)C)C(C)C)C(C)O)C(=O)O. The topological polar surface area (TPSA) is 171 Å². The van der Waals surface area contributed by atoms with Crippen LogP contribution in [0.15, 0.2) is 0 Å². The van der Waals surface area contributed by atoms with Crippen LogP contribution in [0.2, 0.25) is 0 Å². The van der Waals surface area contributed by atoms with Gasteiger partial charge < -0.3 is 31.9 Å². The van der Waals surface area contributed by atoms with E-state index < -0.39 is 54.0 Å². The summed E-state index contributed by atoms with van der Waals surface area (Å²) in [6.45, 7) is 11.8. The molecule has 0 aliphatic rings. The number of carboxylic acid groups (broad SMARTS) is 1. The number of carbonyl (C=O) groups excluding carboxylic acids is 3. The second-order valence-corrected chi connectivity index (χ2v) is 8.44. The van der Waals surface area contributed by atoms with Gasteiger partial charge in [0.1, 0.15) is 18.1 Å². The molecule has 30 heavy (non-hydrogen) atoms. The molecule has 6 atom stereocenters. The first-order valence-electron chi connectivity index (χ1n) is 10.3. The van der Waals surface area contributed by atoms with E-state index in [2.05, 4.69) is 16.0 Å². The highest BCUT2D eigenvalue weighted by Gasteiger charge is 2.35. The Morgan fingerprint density at radius 2 is 1.20 bits per heavy atom. The van der Waals surface area contributed by atoms with Crippen LogP contribution in [0.25, 0.3) is 0 Å². The summed E-state index contributed by atoms with van der Waals surface area (Å²) in [5, 5.41) is 26.8. The summed E-state index contributed by atoms with van der Waals surface area (Å²) in [7, 11) is 0. The normalized spacial score (nSPS) is 17.4. The van der Waals surface area contributed by atoms with E-state index in [0.717, 1.165) is 0 Å². The molecule has 0 saturated heterocycles. The lowest BCUT2D eigenvalue weighted by Crippen LogP contribution is -2.61. The Morgan fingerprint density at radius 1 is 0.767 bits per heavy atom. The molecule has 174 valence electrons. The van der Waals surface area contributed by atoms with Gasteiger partial charge in [0.2, 0.25) is 17.7 Å². The third-order valence-corrected chi connectivity index (χ3v) is 5.11. The Bertz CT molecular complexity index is 608. The lowest BCUT2D eigenvalue weighted by molar-refractivity contribution is -0.144. The van der Waals surface area contributed by atoms with Gasteiger partial charge in [0.15, 0.2) is 0 Å². The van der Waals surface area contributed by atoms with E-state index in [-0.39, 0.29) is 17.8 Å². The zero-order valence-corrected chi connectivity index (χ0v) is 18.9. The molecule has 0 rings (SSSR count). The highest BCUT2D eigenvalue weighted by atomic mass is 16.4. The molecule has 0 bridgehead atoms. The lowest BCUT2D eigenvalue weighted by atomic mass is 9.98. The van der Waals surface area contributed by atoms with E-state index >= 15 is 0 Å². The summed E-state index contributed by atoms with van der Waals surface area (Å²) >= 11 is 0. The first-order chi connectivity index (χ1) is 13.7. The molecule has 0 heterocycles. The van der Waals surface area contributed by atoms with Crippen LogP contribution in [0.5, 0.6) is 0 Å². The summed E-state index contributed by atoms with van der Waals surface area (Å²) in [4.78, 5) is 49.1. The van der Waals surface area contributed by atoms with E-state index in [1.165, 1.54) is 6.92 Å². The molecule has 0 aliphatic heterocycles. The molecule has 0 aliphatic carbocycles. The van der Waals surface area contributed by atoms with Gasteiger partial charge >= 0.3 is 5.97 Å². The number of nitrogens with two attached hydrogens (primary N) is 1. The van der Waals surface area contributed by atoms with Crippen molar-refractivity contribution in [2.75, 3.05) is 0 Å². The molecule has 10 heteroatoms. The number of aliphatic hydroxyl groups excluding tert-OH is 1. The largest absolute Gasteiger partial charge is 0.480 e. The number of carboxylic acids is 1. The summed E-state index contributed by atoms with van der Waals surface area (Å²) in [5.74, 6) is -4.01. The van der Waals surface area contributed by atoms with Gasteiger partial charge in [-0.05, 0) is 24.7 Å². The highest BCUT2D eigenvalue weighted by molar-refractivity contribution is 5.94. The van der Waals surface area contributed by atoms with Gasteiger partial charge in [-0.15, -0.1) is 0 Å². The average Bonchev–Trinajstić information content (AvgIpc) is 2.65. The van der Waals surface area contributed by atoms with Crippen LogP contribution in [-0.4, -0.2) is 64.2 Å². The maximum Gasteiger partial charge on any atom is 0.326 e. The fraction of sp³-hybridized carbons (Fsp3) is 0.800. The number of carbonyl (C=O) groups is 4. The molecule has 3 amide bonds. The Kier molecular flexibility index (Phi) is 11.6. The van der Waals surface area contributed by atoms with Crippen LogP contribution in [0.3, 0.4) is 0 Å². The van der Waals surface area contributed by atoms with Crippen LogP contribution in [0, 0.1) is 17.8 Å². The van der Waals surface area contributed by atoms with E-state index in [4.69, 9.17) is 5.73 Å². The Balaban J connectivity index is 5.42. The molecule has 7 N–H and O–H groups in total. The summed E-state index contributed by atoms with van der Waals surface area (Å²) < 4.78 is 0. The van der Waals surface area contributed by atoms with Crippen LogP contribution in [0.4, 0.5) is 0 Å². The van der Waals surface area contributed by atoms with E-state index in [1.807, 2.05) is 0 Å². The molecule has 10 nitrogen and oxygen atoms in total. The Morgan fingerprint density at radius 3 is 1.57 bits per heavy atom. The molecule has 0 saturated carbocycles. The molecule has 0 aromatic carbocycles. The van der Waals surface area contributed by atoms with E-state index in [9.17, 15) is 29.4 Å². The second kappa shape index (κ2) is 12.5. The third-order valence-electron chi connectivity index (χ3n) is 5.11. The minimum atomic E-state index is -1.39. The molecule has 0 fully saturated rings. The number of amides is 3. The fourth-order valence-electron chi connectivity index (χ4n) is 2.66. The molecule has 0 radical (unpaired) electrons. The van der Waals surface area contributed by atoms with Crippen molar-refractivity contribution in [1.29, 1.82) is 0 Å². The smallest absolute Gasteiger partial charge is 0.326 e. The van der Waals surface area contributed by atoms with Gasteiger partial charge in [0, 0.05) is 0 Å². The lowest BCUT2D eigenvalue weighted by Gasteiger charge is -2.29. The zero-order chi connectivity index (χ0) is 23.8. The number of rotatable bonds is 12. The Hall–Kier alpha value is -2.20. The van der Waals surface area contributed by atoms with Crippen molar-refractivity contribution in [2.45, 2.75) is 85.2 Å². The van der Waals surface area contributed by atoms with Gasteiger partial charge in [-0.25, -0.2) is 4.79 Å². The summed E-state index contributed by atoms with van der Waals surface area (Å²) in [5.41, 5.74) is 5.83. The Labute approximate surface area is 178 Å². The average molecular weight is 431 g/mol. The minimum Gasteiger partial charge on any atom is -0.480 e. The first kappa shape index (κ1) is 27.8. The van der Waals surface area contributed by atoms with Crippen molar-refractivity contribution >= 4 is 23.7 Å². The van der Waals surface area contributed by atoms with Gasteiger partial charge in [0.05, 0.1) is 12.1 Å². The van der Waals surface area contributed by atoms with E-state index in [1.54, 1.807) is 41.5 Å². The number of nitrogens with one attached hydrogen (secondary N) is 3.